The number of ether oxygens (including phenoxy) is 2. The lowest BCUT2D eigenvalue weighted by molar-refractivity contribution is -0.159. The predicted molar refractivity (Wildman–Crippen MR) is 75.9 cm³/mol. The molecule has 0 aliphatic carbocycles. The maximum atomic E-state index is 11.2. The van der Waals surface area contributed by atoms with E-state index < -0.39 is 18.0 Å². The summed E-state index contributed by atoms with van der Waals surface area (Å²) in [5.41, 5.74) is 5.88. The van der Waals surface area contributed by atoms with Crippen LogP contribution in [0.15, 0.2) is 0 Å². The third kappa shape index (κ3) is 10.1. The second-order valence-electron chi connectivity index (χ2n) is 4.10. The maximum Gasteiger partial charge on any atom is 0.414 e. The van der Waals surface area contributed by atoms with Crippen molar-refractivity contribution in [3.8, 4) is 0 Å². The van der Waals surface area contributed by atoms with Crippen molar-refractivity contribution in [2.45, 2.75) is 37.7 Å². The molecule has 1 rings (SSSR count). The Morgan fingerprint density at radius 1 is 1.33 bits per heavy atom. The quantitative estimate of drug-likeness (QED) is 0.481. The minimum Gasteiger partial charge on any atom is -0.473 e. The Bertz CT molecular complexity index is 332. The first-order valence-corrected chi connectivity index (χ1v) is 7.55. The van der Waals surface area contributed by atoms with E-state index in [0.717, 1.165) is 19.4 Å². The zero-order chi connectivity index (χ0) is 16.3. The highest BCUT2D eigenvalue weighted by Crippen LogP contribution is 2.23. The number of hydrogen-bond acceptors (Lipinski definition) is 7. The SMILES string of the molecule is CCOC(=O)C(N)CSC1CCCCO1.O=C(O)C(=O)O. The second kappa shape index (κ2) is 11.4. The van der Waals surface area contributed by atoms with Gasteiger partial charge in [-0.1, -0.05) is 0 Å². The average Bonchev–Trinajstić information content (AvgIpc) is 2.46. The average molecular weight is 323 g/mol. The summed E-state index contributed by atoms with van der Waals surface area (Å²) < 4.78 is 10.3. The first kappa shape index (κ1) is 19.7. The Morgan fingerprint density at radius 2 is 1.95 bits per heavy atom. The molecule has 9 heteroatoms. The van der Waals surface area contributed by atoms with Crippen molar-refractivity contribution in [2.24, 2.45) is 5.73 Å². The van der Waals surface area contributed by atoms with Crippen LogP contribution < -0.4 is 5.73 Å². The Kier molecular flexibility index (Phi) is 10.6. The molecule has 1 aliphatic rings. The molecule has 4 N–H and O–H groups in total. The number of carbonyl (C=O) groups excluding carboxylic acids is 1. The lowest BCUT2D eigenvalue weighted by atomic mass is 10.2. The van der Waals surface area contributed by atoms with Crippen LogP contribution in [0.25, 0.3) is 0 Å². The van der Waals surface area contributed by atoms with E-state index >= 15 is 0 Å². The van der Waals surface area contributed by atoms with Gasteiger partial charge in [-0.3, -0.25) is 4.79 Å². The van der Waals surface area contributed by atoms with Crippen LogP contribution in [0.3, 0.4) is 0 Å². The van der Waals surface area contributed by atoms with Gasteiger partial charge in [0.05, 0.1) is 6.61 Å². The number of aliphatic carboxylic acids is 2. The first-order valence-electron chi connectivity index (χ1n) is 6.50. The minimum absolute atomic E-state index is 0.208. The number of carboxylic acids is 2. The molecule has 0 aromatic rings. The summed E-state index contributed by atoms with van der Waals surface area (Å²) in [5.74, 6) is -3.39. The van der Waals surface area contributed by atoms with Crippen LogP contribution in [0, 0.1) is 0 Å². The van der Waals surface area contributed by atoms with Gasteiger partial charge in [-0.2, -0.15) is 0 Å². The van der Waals surface area contributed by atoms with Gasteiger partial charge in [0.25, 0.3) is 0 Å². The maximum absolute atomic E-state index is 11.2. The van der Waals surface area contributed by atoms with E-state index in [0.29, 0.717) is 12.4 Å². The van der Waals surface area contributed by atoms with E-state index in [-0.39, 0.29) is 11.4 Å². The molecule has 0 aromatic heterocycles. The lowest BCUT2D eigenvalue weighted by Crippen LogP contribution is -2.35. The molecule has 21 heavy (non-hydrogen) atoms. The van der Waals surface area contributed by atoms with Crippen LogP contribution in [0.2, 0.25) is 0 Å². The number of hydrogen-bond donors (Lipinski definition) is 3. The molecule has 0 spiro atoms. The van der Waals surface area contributed by atoms with Crippen LogP contribution >= 0.6 is 11.8 Å². The fourth-order valence-electron chi connectivity index (χ4n) is 1.37. The largest absolute Gasteiger partial charge is 0.473 e. The van der Waals surface area contributed by atoms with Crippen LogP contribution in [-0.2, 0) is 23.9 Å². The molecule has 0 radical (unpaired) electrons. The Balaban J connectivity index is 0.000000567. The molecule has 1 fully saturated rings. The van der Waals surface area contributed by atoms with Gasteiger partial charge in [0.2, 0.25) is 0 Å². The summed E-state index contributed by atoms with van der Waals surface area (Å²) in [7, 11) is 0. The van der Waals surface area contributed by atoms with Crippen molar-refractivity contribution in [3.05, 3.63) is 0 Å². The number of esters is 1. The number of rotatable bonds is 5. The zero-order valence-corrected chi connectivity index (χ0v) is 12.6. The van der Waals surface area contributed by atoms with E-state index in [2.05, 4.69) is 0 Å². The van der Waals surface area contributed by atoms with E-state index in [1.807, 2.05) is 0 Å². The number of thioether (sulfide) groups is 1. The number of nitrogens with two attached hydrogens (primary N) is 1. The van der Waals surface area contributed by atoms with Crippen LogP contribution in [-0.4, -0.2) is 58.6 Å². The van der Waals surface area contributed by atoms with Crippen LogP contribution in [0.5, 0.6) is 0 Å². The lowest BCUT2D eigenvalue weighted by Gasteiger charge is -2.22. The predicted octanol–water partition coefficient (Wildman–Crippen LogP) is 0.292. The summed E-state index contributed by atoms with van der Waals surface area (Å²) in [6.07, 6.45) is 3.40. The summed E-state index contributed by atoms with van der Waals surface area (Å²) in [5, 5.41) is 14.8. The third-order valence-corrected chi connectivity index (χ3v) is 3.67. The van der Waals surface area contributed by atoms with Gasteiger partial charge < -0.3 is 25.4 Å². The smallest absolute Gasteiger partial charge is 0.414 e. The molecule has 1 saturated heterocycles. The van der Waals surface area contributed by atoms with Gasteiger partial charge in [-0.15, -0.1) is 11.8 Å². The molecule has 122 valence electrons. The summed E-state index contributed by atoms with van der Waals surface area (Å²) in [4.78, 5) is 29.4. The summed E-state index contributed by atoms with van der Waals surface area (Å²) in [6.45, 7) is 2.99. The zero-order valence-electron chi connectivity index (χ0n) is 11.8. The van der Waals surface area contributed by atoms with Gasteiger partial charge >= 0.3 is 17.9 Å². The highest BCUT2D eigenvalue weighted by molar-refractivity contribution is 7.99. The van der Waals surface area contributed by atoms with Crippen LogP contribution in [0.4, 0.5) is 0 Å². The molecule has 1 aliphatic heterocycles. The minimum atomic E-state index is -1.82. The van der Waals surface area contributed by atoms with Crippen LogP contribution in [0.1, 0.15) is 26.2 Å². The highest BCUT2D eigenvalue weighted by Gasteiger charge is 2.19. The molecule has 0 bridgehead atoms. The van der Waals surface area contributed by atoms with Crippen molar-refractivity contribution in [1.82, 2.24) is 0 Å². The van der Waals surface area contributed by atoms with E-state index in [4.69, 9.17) is 35.0 Å². The topological polar surface area (TPSA) is 136 Å². The molecule has 8 nitrogen and oxygen atoms in total. The van der Waals surface area contributed by atoms with E-state index in [1.165, 1.54) is 6.42 Å². The van der Waals surface area contributed by atoms with Gasteiger partial charge in [-0.25, -0.2) is 9.59 Å². The molecule has 1 heterocycles. The first-order chi connectivity index (χ1) is 9.88. The number of carboxylic acid groups (broad SMARTS) is 2. The molecule has 0 aromatic carbocycles. The fraction of sp³-hybridized carbons (Fsp3) is 0.750. The molecule has 2 atom stereocenters. The fourth-order valence-corrected chi connectivity index (χ4v) is 2.45. The molecule has 0 saturated carbocycles. The molecular weight excluding hydrogens is 302 g/mol. The third-order valence-electron chi connectivity index (χ3n) is 2.37. The molecular formula is C12H21NO7S. The van der Waals surface area contributed by atoms with Gasteiger partial charge in [0.15, 0.2) is 0 Å². The Hall–Kier alpha value is -1.32. The number of carbonyl (C=O) groups is 3. The van der Waals surface area contributed by atoms with Gasteiger partial charge in [0, 0.05) is 12.4 Å². The van der Waals surface area contributed by atoms with Crippen molar-refractivity contribution >= 4 is 29.7 Å². The van der Waals surface area contributed by atoms with Crippen molar-refractivity contribution in [3.63, 3.8) is 0 Å². The Morgan fingerprint density at radius 3 is 2.38 bits per heavy atom. The van der Waals surface area contributed by atoms with E-state index in [1.54, 1.807) is 18.7 Å². The summed E-state index contributed by atoms with van der Waals surface area (Å²) in [6, 6.07) is -0.527. The van der Waals surface area contributed by atoms with Crippen molar-refractivity contribution < 1.29 is 34.1 Å². The highest BCUT2D eigenvalue weighted by atomic mass is 32.2. The Labute approximate surface area is 127 Å². The molecule has 0 amide bonds. The van der Waals surface area contributed by atoms with Crippen molar-refractivity contribution in [2.75, 3.05) is 19.0 Å². The standard InChI is InChI=1S/C10H19NO3S.C2H2O4/c1-2-13-10(12)8(11)7-15-9-5-3-4-6-14-9;3-1(4)2(5)6/h8-9H,2-7,11H2,1H3;(H,3,4)(H,5,6). The van der Waals surface area contributed by atoms with E-state index in [9.17, 15) is 4.79 Å². The van der Waals surface area contributed by atoms with Gasteiger partial charge in [-0.05, 0) is 26.2 Å². The second-order valence-corrected chi connectivity index (χ2v) is 5.29. The van der Waals surface area contributed by atoms with Crippen molar-refractivity contribution in [1.29, 1.82) is 0 Å². The van der Waals surface area contributed by atoms with Gasteiger partial charge in [0.1, 0.15) is 11.5 Å². The summed E-state index contributed by atoms with van der Waals surface area (Å²) >= 11 is 1.61. The normalized spacial score (nSPS) is 18.9. The monoisotopic (exact) mass is 323 g/mol. The molecule has 2 unspecified atom stereocenters.